The molecule has 0 aliphatic heterocycles. The van der Waals surface area contributed by atoms with Crippen LogP contribution in [0.25, 0.3) is 11.2 Å². The molecular weight excluding hydrogens is 528 g/mol. The maximum Gasteiger partial charge on any atom is 0.159 e. The number of anilines is 2. The van der Waals surface area contributed by atoms with Crippen LogP contribution in [0.1, 0.15) is 66.1 Å². The molecule has 1 aromatic carbocycles. The monoisotopic (exact) mass is 568 g/mol. The van der Waals surface area contributed by atoms with Gasteiger partial charge in [0.1, 0.15) is 28.2 Å². The van der Waals surface area contributed by atoms with Crippen LogP contribution < -0.4 is 10.1 Å². The standard InChI is InChI=1S/C27H22N6OS.3C2H6/c1-18-4-3-5-19(7-6-18)26-23(17-28)27(35-2)31-25-16-24(32-33(25)26)30-20-8-10-21(11-9-20)34-22-12-14-29-15-13-22;3*1-2/h3-5,7-16H,6H2,1-2H3,(H,30,32);3*1-2H3. The van der Waals surface area contributed by atoms with E-state index in [0.29, 0.717) is 22.1 Å². The predicted octanol–water partition coefficient (Wildman–Crippen LogP) is 9.62. The second-order valence-corrected chi connectivity index (χ2v) is 8.72. The smallest absolute Gasteiger partial charge is 0.159 e. The molecule has 0 saturated carbocycles. The van der Waals surface area contributed by atoms with Crippen molar-refractivity contribution in [3.8, 4) is 17.6 Å². The molecule has 1 N–H and O–H groups in total. The van der Waals surface area contributed by atoms with Crippen molar-refractivity contribution in [1.29, 1.82) is 5.26 Å². The summed E-state index contributed by atoms with van der Waals surface area (Å²) in [6, 6.07) is 15.5. The van der Waals surface area contributed by atoms with E-state index in [9.17, 15) is 5.26 Å². The minimum absolute atomic E-state index is 0.521. The van der Waals surface area contributed by atoms with Gasteiger partial charge in [0.2, 0.25) is 0 Å². The number of allylic oxidation sites excluding steroid dienone is 6. The highest BCUT2D eigenvalue weighted by Gasteiger charge is 2.19. The van der Waals surface area contributed by atoms with Gasteiger partial charge in [-0.1, -0.05) is 71.4 Å². The average molecular weight is 569 g/mol. The Labute approximate surface area is 248 Å². The van der Waals surface area contributed by atoms with Crippen molar-refractivity contribution in [1.82, 2.24) is 19.6 Å². The molecule has 0 unspecified atom stereocenters. The molecule has 0 saturated heterocycles. The Morgan fingerprint density at radius 2 is 1.63 bits per heavy atom. The van der Waals surface area contributed by atoms with Gasteiger partial charge in [0.15, 0.2) is 11.5 Å². The summed E-state index contributed by atoms with van der Waals surface area (Å²) in [5, 5.41) is 18.8. The van der Waals surface area contributed by atoms with Crippen LogP contribution in [0.2, 0.25) is 0 Å². The van der Waals surface area contributed by atoms with Crippen LogP contribution in [-0.4, -0.2) is 25.8 Å². The molecule has 0 spiro atoms. The fraction of sp³-hybridized carbons (Fsp3) is 0.273. The van der Waals surface area contributed by atoms with Crippen LogP contribution in [-0.2, 0) is 0 Å². The lowest BCUT2D eigenvalue weighted by molar-refractivity contribution is 0.482. The van der Waals surface area contributed by atoms with Gasteiger partial charge in [-0.15, -0.1) is 16.9 Å². The highest BCUT2D eigenvalue weighted by molar-refractivity contribution is 7.98. The van der Waals surface area contributed by atoms with Gasteiger partial charge in [-0.3, -0.25) is 4.98 Å². The molecule has 8 heteroatoms. The highest BCUT2D eigenvalue weighted by atomic mass is 32.2. The first-order valence-electron chi connectivity index (χ1n) is 14.0. The van der Waals surface area contributed by atoms with Crippen molar-refractivity contribution in [2.24, 2.45) is 0 Å². The molecular formula is C33H40N6OS. The molecule has 1 aliphatic rings. The van der Waals surface area contributed by atoms with Crippen LogP contribution in [0.5, 0.6) is 11.5 Å². The Kier molecular flexibility index (Phi) is 13.9. The number of nitriles is 1. The molecule has 0 amide bonds. The molecule has 0 radical (unpaired) electrons. The van der Waals surface area contributed by atoms with Crippen molar-refractivity contribution in [2.75, 3.05) is 11.6 Å². The lowest BCUT2D eigenvalue weighted by Crippen LogP contribution is -2.05. The molecule has 0 bridgehead atoms. The number of pyridine rings is 1. The van der Waals surface area contributed by atoms with Gasteiger partial charge in [0.25, 0.3) is 0 Å². The molecule has 214 valence electrons. The van der Waals surface area contributed by atoms with Gasteiger partial charge in [-0.2, -0.15) is 5.26 Å². The van der Waals surface area contributed by atoms with Gasteiger partial charge >= 0.3 is 0 Å². The Balaban J connectivity index is 0.000000921. The van der Waals surface area contributed by atoms with Crippen molar-refractivity contribution in [3.63, 3.8) is 0 Å². The summed E-state index contributed by atoms with van der Waals surface area (Å²) in [6.07, 6.45) is 14.4. The summed E-state index contributed by atoms with van der Waals surface area (Å²) in [7, 11) is 0. The van der Waals surface area contributed by atoms with E-state index < -0.39 is 0 Å². The summed E-state index contributed by atoms with van der Waals surface area (Å²) in [5.41, 5.74) is 5.00. The van der Waals surface area contributed by atoms with E-state index in [1.165, 1.54) is 17.3 Å². The average Bonchev–Trinajstić information content (AvgIpc) is 3.31. The first-order chi connectivity index (χ1) is 20.1. The number of fused-ring (bicyclic) bond motifs is 1. The minimum atomic E-state index is 0.521. The van der Waals surface area contributed by atoms with Gasteiger partial charge in [0.05, 0.1) is 5.69 Å². The lowest BCUT2D eigenvalue weighted by atomic mass is 10.1. The van der Waals surface area contributed by atoms with Gasteiger partial charge < -0.3 is 10.1 Å². The molecule has 3 aromatic heterocycles. The third-order valence-corrected chi connectivity index (χ3v) is 6.14. The number of rotatable bonds is 6. The summed E-state index contributed by atoms with van der Waals surface area (Å²) in [6.45, 7) is 14.1. The first kappa shape index (κ1) is 32.9. The Morgan fingerprint density at radius 3 is 2.27 bits per heavy atom. The van der Waals surface area contributed by atoms with Crippen molar-refractivity contribution in [3.05, 3.63) is 96.0 Å². The lowest BCUT2D eigenvalue weighted by Gasteiger charge is -2.11. The van der Waals surface area contributed by atoms with Gasteiger partial charge in [0, 0.05) is 24.1 Å². The zero-order valence-corrected chi connectivity index (χ0v) is 26.1. The van der Waals surface area contributed by atoms with E-state index in [4.69, 9.17) is 14.8 Å². The van der Waals surface area contributed by atoms with Crippen LogP contribution in [0.4, 0.5) is 11.5 Å². The van der Waals surface area contributed by atoms with Crippen molar-refractivity contribution in [2.45, 2.75) is 59.9 Å². The summed E-state index contributed by atoms with van der Waals surface area (Å²) < 4.78 is 7.58. The van der Waals surface area contributed by atoms with E-state index >= 15 is 0 Å². The summed E-state index contributed by atoms with van der Waals surface area (Å²) in [4.78, 5) is 8.69. The number of nitrogens with zero attached hydrogens (tertiary/aromatic N) is 5. The van der Waals surface area contributed by atoms with Crippen LogP contribution in [0.3, 0.4) is 0 Å². The second-order valence-electron chi connectivity index (χ2n) is 7.93. The number of hydrogen-bond acceptors (Lipinski definition) is 7. The van der Waals surface area contributed by atoms with E-state index in [0.717, 1.165) is 34.9 Å². The molecule has 0 atom stereocenters. The predicted molar refractivity (Wildman–Crippen MR) is 173 cm³/mol. The minimum Gasteiger partial charge on any atom is -0.457 e. The molecule has 3 heterocycles. The maximum absolute atomic E-state index is 9.98. The fourth-order valence-corrected chi connectivity index (χ4v) is 4.29. The fourth-order valence-electron chi connectivity index (χ4n) is 3.75. The van der Waals surface area contributed by atoms with Crippen molar-refractivity contribution < 1.29 is 4.74 Å². The SMILES string of the molecule is CC.CC.CC.CSc1nc2cc(Nc3ccc(Oc4ccncc4)cc3)nn2c(C2=CCC(C)=CC=C2)c1C#N. The molecule has 7 nitrogen and oxygen atoms in total. The maximum atomic E-state index is 9.98. The normalized spacial score (nSPS) is 11.6. The highest BCUT2D eigenvalue weighted by Crippen LogP contribution is 2.31. The van der Waals surface area contributed by atoms with Gasteiger partial charge in [-0.25, -0.2) is 9.50 Å². The zero-order chi connectivity index (χ0) is 30.2. The quantitative estimate of drug-likeness (QED) is 0.183. The van der Waals surface area contributed by atoms with Crippen molar-refractivity contribution >= 4 is 34.5 Å². The number of aromatic nitrogens is 4. The Morgan fingerprint density at radius 1 is 0.976 bits per heavy atom. The Hall–Kier alpha value is -4.35. The molecule has 5 rings (SSSR count). The Bertz CT molecular complexity index is 1510. The second kappa shape index (κ2) is 17.4. The first-order valence-corrected chi connectivity index (χ1v) is 15.2. The van der Waals surface area contributed by atoms with Crippen LogP contribution in [0.15, 0.2) is 89.8 Å². The number of nitrogens with one attached hydrogen (secondary N) is 1. The van der Waals surface area contributed by atoms with E-state index in [1.807, 2.05) is 102 Å². The third kappa shape index (κ3) is 8.57. The molecule has 41 heavy (non-hydrogen) atoms. The van der Waals surface area contributed by atoms with E-state index in [2.05, 4.69) is 35.4 Å². The number of thioether (sulfide) groups is 1. The number of benzene rings is 1. The van der Waals surface area contributed by atoms with Crippen LogP contribution >= 0.6 is 11.8 Å². The largest absolute Gasteiger partial charge is 0.457 e. The molecule has 4 aromatic rings. The summed E-state index contributed by atoms with van der Waals surface area (Å²) in [5.74, 6) is 2.08. The molecule has 0 fully saturated rings. The van der Waals surface area contributed by atoms with E-state index in [-0.39, 0.29) is 0 Å². The zero-order valence-electron chi connectivity index (χ0n) is 25.3. The molecule has 1 aliphatic carbocycles. The van der Waals surface area contributed by atoms with Gasteiger partial charge in [-0.05, 0) is 61.6 Å². The number of ether oxygens (including phenoxy) is 1. The summed E-state index contributed by atoms with van der Waals surface area (Å²) >= 11 is 1.46. The van der Waals surface area contributed by atoms with Crippen LogP contribution in [0, 0.1) is 11.3 Å². The van der Waals surface area contributed by atoms with E-state index in [1.54, 1.807) is 16.9 Å². The number of hydrogen-bond donors (Lipinski definition) is 1. The third-order valence-electron chi connectivity index (χ3n) is 5.46. The topological polar surface area (TPSA) is 88.1 Å².